The Bertz CT molecular complexity index is 866. The lowest BCUT2D eigenvalue weighted by atomic mass is 9.93. The summed E-state index contributed by atoms with van der Waals surface area (Å²) >= 11 is 5.01. The Morgan fingerprint density at radius 3 is 2.86 bits per heavy atom. The van der Waals surface area contributed by atoms with Crippen LogP contribution in [0.15, 0.2) is 38.9 Å². The van der Waals surface area contributed by atoms with Gasteiger partial charge in [0.05, 0.1) is 25.0 Å². The normalized spacial score (nSPS) is 19.5. The van der Waals surface area contributed by atoms with E-state index in [4.69, 9.17) is 9.47 Å². The number of amidine groups is 1. The number of hydrogen-bond acceptors (Lipinski definition) is 6. The van der Waals surface area contributed by atoms with E-state index in [0.29, 0.717) is 41.0 Å². The first-order chi connectivity index (χ1) is 13.3. The second kappa shape index (κ2) is 8.69. The number of benzene rings is 1. The van der Waals surface area contributed by atoms with Gasteiger partial charge in [-0.3, -0.25) is 9.69 Å². The van der Waals surface area contributed by atoms with Crippen LogP contribution in [0.5, 0.6) is 5.75 Å². The molecular weight excluding hydrogens is 444 g/mol. The molecule has 0 N–H and O–H groups in total. The van der Waals surface area contributed by atoms with Crippen LogP contribution in [-0.2, 0) is 14.3 Å². The number of esters is 1. The minimum Gasteiger partial charge on any atom is -0.496 e. The van der Waals surface area contributed by atoms with E-state index in [0.717, 1.165) is 10.0 Å². The Morgan fingerprint density at radius 1 is 1.43 bits per heavy atom. The summed E-state index contributed by atoms with van der Waals surface area (Å²) in [5.41, 5.74) is 1.65. The fraction of sp³-hybridized carbons (Fsp3) is 0.450. The van der Waals surface area contributed by atoms with Crippen LogP contribution in [0.3, 0.4) is 0 Å². The number of thioether (sulfide) groups is 1. The third kappa shape index (κ3) is 4.12. The summed E-state index contributed by atoms with van der Waals surface area (Å²) in [5, 5.41) is 0.612. The largest absolute Gasteiger partial charge is 0.496 e. The first-order valence-corrected chi connectivity index (χ1v) is 10.9. The smallest absolute Gasteiger partial charge is 0.338 e. The molecule has 6 nitrogen and oxygen atoms in total. The Morgan fingerprint density at radius 2 is 2.18 bits per heavy atom. The molecule has 1 fully saturated rings. The zero-order chi connectivity index (χ0) is 20.4. The van der Waals surface area contributed by atoms with Crippen LogP contribution in [-0.4, -0.2) is 41.4 Å². The summed E-state index contributed by atoms with van der Waals surface area (Å²) in [6.45, 7) is 6.04. The maximum Gasteiger partial charge on any atom is 0.338 e. The molecule has 0 aliphatic carbocycles. The predicted molar refractivity (Wildman–Crippen MR) is 113 cm³/mol. The van der Waals surface area contributed by atoms with Crippen molar-refractivity contribution in [2.45, 2.75) is 33.2 Å². The number of fused-ring (bicyclic) bond motifs is 1. The standard InChI is InChI=1S/C20H23BrN2O4S/c1-11(2)10-27-19(25)17-12(3)22-20-23(16(24)7-8-28-20)18(17)14-9-13(21)5-6-15(14)26-4/h5-6,9,11,18H,7-8,10H2,1-4H3/t18-/m0/s1. The maximum absolute atomic E-state index is 13.0. The number of aliphatic imine (C=N–C) groups is 1. The van der Waals surface area contributed by atoms with Crippen molar-refractivity contribution in [2.75, 3.05) is 19.5 Å². The molecule has 2 heterocycles. The molecule has 28 heavy (non-hydrogen) atoms. The van der Waals surface area contributed by atoms with E-state index in [-0.39, 0.29) is 11.8 Å². The number of ether oxygens (including phenoxy) is 2. The number of carbonyl (C=O) groups excluding carboxylic acids is 2. The quantitative estimate of drug-likeness (QED) is 0.604. The van der Waals surface area contributed by atoms with Gasteiger partial charge in [-0.15, -0.1) is 0 Å². The average molecular weight is 467 g/mol. The topological polar surface area (TPSA) is 68.2 Å². The van der Waals surface area contributed by atoms with Crippen molar-refractivity contribution in [3.63, 3.8) is 0 Å². The lowest BCUT2D eigenvalue weighted by Gasteiger charge is -2.39. The second-order valence-electron chi connectivity index (χ2n) is 7.04. The number of allylic oxidation sites excluding steroid dienone is 1. The second-order valence-corrected chi connectivity index (χ2v) is 9.01. The number of nitrogens with zero attached hydrogens (tertiary/aromatic N) is 2. The molecule has 0 unspecified atom stereocenters. The molecule has 1 aromatic rings. The van der Waals surface area contributed by atoms with E-state index in [1.807, 2.05) is 32.0 Å². The fourth-order valence-electron chi connectivity index (χ4n) is 3.19. The minimum absolute atomic E-state index is 0.0637. The minimum atomic E-state index is -0.639. The molecular formula is C20H23BrN2O4S. The summed E-state index contributed by atoms with van der Waals surface area (Å²) in [6, 6.07) is 4.92. The molecule has 1 atom stereocenters. The molecule has 0 bridgehead atoms. The molecule has 1 aromatic carbocycles. The summed E-state index contributed by atoms with van der Waals surface area (Å²) in [7, 11) is 1.57. The van der Waals surface area contributed by atoms with Gasteiger partial charge >= 0.3 is 5.97 Å². The summed E-state index contributed by atoms with van der Waals surface area (Å²) in [4.78, 5) is 32.0. The van der Waals surface area contributed by atoms with Crippen molar-refractivity contribution >= 4 is 44.7 Å². The molecule has 0 saturated carbocycles. The van der Waals surface area contributed by atoms with E-state index >= 15 is 0 Å². The zero-order valence-corrected chi connectivity index (χ0v) is 18.7. The van der Waals surface area contributed by atoms with Crippen LogP contribution in [0, 0.1) is 5.92 Å². The highest BCUT2D eigenvalue weighted by atomic mass is 79.9. The van der Waals surface area contributed by atoms with Crippen LogP contribution < -0.4 is 4.74 Å². The van der Waals surface area contributed by atoms with Crippen LogP contribution in [0.4, 0.5) is 0 Å². The summed E-state index contributed by atoms with van der Waals surface area (Å²) in [5.74, 6) is 0.964. The Kier molecular flexibility index (Phi) is 6.50. The van der Waals surface area contributed by atoms with Crippen molar-refractivity contribution in [1.29, 1.82) is 0 Å². The van der Waals surface area contributed by atoms with Crippen molar-refractivity contribution in [1.82, 2.24) is 4.90 Å². The lowest BCUT2D eigenvalue weighted by Crippen LogP contribution is -2.46. The van der Waals surface area contributed by atoms with E-state index in [1.54, 1.807) is 18.9 Å². The number of hydrogen-bond donors (Lipinski definition) is 0. The molecule has 0 radical (unpaired) electrons. The number of amides is 1. The molecule has 150 valence electrons. The van der Waals surface area contributed by atoms with E-state index in [2.05, 4.69) is 20.9 Å². The number of carbonyl (C=O) groups is 2. The van der Waals surface area contributed by atoms with Gasteiger partial charge in [-0.05, 0) is 31.0 Å². The molecule has 1 saturated heterocycles. The van der Waals surface area contributed by atoms with Gasteiger partial charge in [0, 0.05) is 22.2 Å². The third-order valence-electron chi connectivity index (χ3n) is 4.46. The van der Waals surface area contributed by atoms with Gasteiger partial charge in [0.1, 0.15) is 11.8 Å². The van der Waals surface area contributed by atoms with Gasteiger partial charge in [0.2, 0.25) is 5.91 Å². The highest BCUT2D eigenvalue weighted by molar-refractivity contribution is 9.10. The Hall–Kier alpha value is -1.80. The monoisotopic (exact) mass is 466 g/mol. The molecule has 0 spiro atoms. The molecule has 1 amide bonds. The SMILES string of the molecule is COc1ccc(Br)cc1[C@H]1C(C(=O)OCC(C)C)=C(C)N=C2SCCC(=O)N21. The number of rotatable bonds is 5. The highest BCUT2D eigenvalue weighted by Crippen LogP contribution is 2.44. The van der Waals surface area contributed by atoms with Crippen LogP contribution in [0.2, 0.25) is 0 Å². The Labute approximate surface area is 177 Å². The average Bonchev–Trinajstić information content (AvgIpc) is 2.65. The van der Waals surface area contributed by atoms with Crippen molar-refractivity contribution in [2.24, 2.45) is 10.9 Å². The predicted octanol–water partition coefficient (Wildman–Crippen LogP) is 4.31. The van der Waals surface area contributed by atoms with Gasteiger partial charge in [-0.25, -0.2) is 9.79 Å². The number of halogens is 1. The Balaban J connectivity index is 2.16. The first kappa shape index (κ1) is 20.9. The van der Waals surface area contributed by atoms with Crippen molar-refractivity contribution in [3.05, 3.63) is 39.5 Å². The van der Waals surface area contributed by atoms with Crippen LogP contribution in [0.25, 0.3) is 0 Å². The van der Waals surface area contributed by atoms with Gasteiger partial charge in [-0.2, -0.15) is 0 Å². The molecule has 8 heteroatoms. The van der Waals surface area contributed by atoms with Crippen LogP contribution in [0.1, 0.15) is 38.8 Å². The summed E-state index contributed by atoms with van der Waals surface area (Å²) in [6.07, 6.45) is 0.393. The third-order valence-corrected chi connectivity index (χ3v) is 5.91. The van der Waals surface area contributed by atoms with Gasteiger partial charge in [0.25, 0.3) is 0 Å². The highest BCUT2D eigenvalue weighted by Gasteiger charge is 2.42. The van der Waals surface area contributed by atoms with Crippen molar-refractivity contribution < 1.29 is 19.1 Å². The molecule has 3 rings (SSSR count). The number of methoxy groups -OCH3 is 1. The molecule has 2 aliphatic rings. The van der Waals surface area contributed by atoms with Gasteiger partial charge < -0.3 is 9.47 Å². The van der Waals surface area contributed by atoms with Gasteiger partial charge in [-0.1, -0.05) is 41.5 Å². The van der Waals surface area contributed by atoms with E-state index in [9.17, 15) is 9.59 Å². The summed E-state index contributed by atoms with van der Waals surface area (Å²) < 4.78 is 11.9. The molecule has 2 aliphatic heterocycles. The van der Waals surface area contributed by atoms with Crippen molar-refractivity contribution in [3.8, 4) is 5.75 Å². The lowest BCUT2D eigenvalue weighted by molar-refractivity contribution is -0.141. The fourth-order valence-corrected chi connectivity index (χ4v) is 4.58. The molecule has 0 aromatic heterocycles. The zero-order valence-electron chi connectivity index (χ0n) is 16.3. The first-order valence-electron chi connectivity index (χ1n) is 9.08. The van der Waals surface area contributed by atoms with Crippen LogP contribution >= 0.6 is 27.7 Å². The maximum atomic E-state index is 13.0. The van der Waals surface area contributed by atoms with E-state index in [1.165, 1.54) is 11.8 Å². The van der Waals surface area contributed by atoms with E-state index < -0.39 is 12.0 Å². The van der Waals surface area contributed by atoms with Gasteiger partial charge in [0.15, 0.2) is 5.17 Å².